The van der Waals surface area contributed by atoms with Crippen molar-refractivity contribution in [3.8, 4) is 0 Å². The van der Waals surface area contributed by atoms with Gasteiger partial charge in [0.15, 0.2) is 0 Å². The SMILES string of the molecule is C1CCC2CCCCCC(CC1)CCC2. The molecule has 0 N–H and O–H groups in total. The average molecular weight is 208 g/mol. The highest BCUT2D eigenvalue weighted by Crippen LogP contribution is 2.31. The molecule has 0 nitrogen and oxygen atoms in total. The molecule has 0 heterocycles. The summed E-state index contributed by atoms with van der Waals surface area (Å²) in [7, 11) is 0. The lowest BCUT2D eigenvalue weighted by molar-refractivity contribution is 0.291. The summed E-state index contributed by atoms with van der Waals surface area (Å²) in [4.78, 5) is 0. The second-order valence-corrected chi connectivity index (χ2v) is 5.94. The minimum Gasteiger partial charge on any atom is -0.0533 e. The van der Waals surface area contributed by atoms with Crippen molar-refractivity contribution < 1.29 is 0 Å². The van der Waals surface area contributed by atoms with Crippen molar-refractivity contribution in [3.63, 3.8) is 0 Å². The smallest absolute Gasteiger partial charge is 0.0414 e. The van der Waals surface area contributed by atoms with Gasteiger partial charge >= 0.3 is 0 Å². The van der Waals surface area contributed by atoms with Crippen LogP contribution in [0.3, 0.4) is 0 Å². The maximum atomic E-state index is 1.55. The summed E-state index contributed by atoms with van der Waals surface area (Å²) >= 11 is 0. The van der Waals surface area contributed by atoms with E-state index in [1.165, 1.54) is 44.9 Å². The van der Waals surface area contributed by atoms with Gasteiger partial charge in [-0.25, -0.2) is 0 Å². The molecule has 2 fully saturated rings. The molecule has 0 unspecified atom stereocenters. The van der Waals surface area contributed by atoms with E-state index in [1.54, 1.807) is 38.5 Å². The van der Waals surface area contributed by atoms with Crippen LogP contribution in [-0.2, 0) is 0 Å². The topological polar surface area (TPSA) is 0 Å². The van der Waals surface area contributed by atoms with Crippen LogP contribution >= 0.6 is 0 Å². The fraction of sp³-hybridized carbons (Fsp3) is 1.00. The van der Waals surface area contributed by atoms with Crippen molar-refractivity contribution in [1.29, 1.82) is 0 Å². The molecule has 0 amide bonds. The molecule has 0 aromatic heterocycles. The Morgan fingerprint density at radius 3 is 1.07 bits per heavy atom. The predicted molar refractivity (Wildman–Crippen MR) is 67.0 cm³/mol. The zero-order valence-corrected chi connectivity index (χ0v) is 10.3. The summed E-state index contributed by atoms with van der Waals surface area (Å²) in [5, 5.41) is 0. The molecule has 2 bridgehead atoms. The van der Waals surface area contributed by atoms with E-state index < -0.39 is 0 Å². The van der Waals surface area contributed by atoms with E-state index >= 15 is 0 Å². The lowest BCUT2D eigenvalue weighted by atomic mass is 9.82. The Labute approximate surface area is 95.8 Å². The number of fused-ring (bicyclic) bond motifs is 4. The summed E-state index contributed by atoms with van der Waals surface area (Å²) in [5.41, 5.74) is 0. The molecule has 0 spiro atoms. The van der Waals surface area contributed by atoms with Crippen molar-refractivity contribution in [1.82, 2.24) is 0 Å². The van der Waals surface area contributed by atoms with Gasteiger partial charge in [-0.05, 0) is 11.8 Å². The third kappa shape index (κ3) is 4.17. The Morgan fingerprint density at radius 1 is 0.333 bits per heavy atom. The van der Waals surface area contributed by atoms with Crippen LogP contribution in [0.25, 0.3) is 0 Å². The van der Waals surface area contributed by atoms with Gasteiger partial charge in [-0.3, -0.25) is 0 Å². The number of hydrogen-bond donors (Lipinski definition) is 0. The van der Waals surface area contributed by atoms with Crippen molar-refractivity contribution >= 4 is 0 Å². The molecule has 15 heavy (non-hydrogen) atoms. The van der Waals surface area contributed by atoms with E-state index in [4.69, 9.17) is 0 Å². The van der Waals surface area contributed by atoms with Crippen molar-refractivity contribution in [3.05, 3.63) is 0 Å². The molecule has 0 aromatic carbocycles. The van der Waals surface area contributed by atoms with E-state index in [0.29, 0.717) is 0 Å². The van der Waals surface area contributed by atoms with Gasteiger partial charge < -0.3 is 0 Å². The number of hydrogen-bond acceptors (Lipinski definition) is 0. The first-order valence-corrected chi connectivity index (χ1v) is 7.45. The highest BCUT2D eigenvalue weighted by atomic mass is 14.2. The van der Waals surface area contributed by atoms with Crippen LogP contribution in [0.2, 0.25) is 0 Å². The van der Waals surface area contributed by atoms with Crippen LogP contribution in [0.4, 0.5) is 0 Å². The van der Waals surface area contributed by atoms with E-state index in [9.17, 15) is 0 Å². The summed E-state index contributed by atoms with van der Waals surface area (Å²) in [6, 6.07) is 0. The monoisotopic (exact) mass is 208 g/mol. The Kier molecular flexibility index (Phi) is 5.02. The standard InChI is InChI=1S/C15H28/c1-3-8-14-10-5-2-6-11-15(9-4-1)13-7-12-14/h14-15H,1-13H2. The molecule has 2 saturated carbocycles. The van der Waals surface area contributed by atoms with Gasteiger partial charge in [-0.2, -0.15) is 0 Å². The first-order valence-electron chi connectivity index (χ1n) is 7.45. The molecule has 0 radical (unpaired) electrons. The fourth-order valence-electron chi connectivity index (χ4n) is 3.65. The molecule has 2 aliphatic rings. The van der Waals surface area contributed by atoms with Crippen LogP contribution in [0, 0.1) is 11.8 Å². The van der Waals surface area contributed by atoms with Gasteiger partial charge in [0, 0.05) is 0 Å². The van der Waals surface area contributed by atoms with Gasteiger partial charge in [0.05, 0.1) is 0 Å². The molecule has 0 aliphatic heterocycles. The Morgan fingerprint density at radius 2 is 0.667 bits per heavy atom. The van der Waals surface area contributed by atoms with E-state index in [0.717, 1.165) is 11.8 Å². The van der Waals surface area contributed by atoms with E-state index in [2.05, 4.69) is 0 Å². The van der Waals surface area contributed by atoms with Crippen molar-refractivity contribution in [2.24, 2.45) is 11.8 Å². The lowest BCUT2D eigenvalue weighted by Gasteiger charge is -2.24. The molecular formula is C15H28. The quantitative estimate of drug-likeness (QED) is 0.505. The van der Waals surface area contributed by atoms with Crippen LogP contribution < -0.4 is 0 Å². The molecule has 0 aromatic rings. The summed E-state index contributed by atoms with van der Waals surface area (Å²) in [6.07, 6.45) is 20.0. The summed E-state index contributed by atoms with van der Waals surface area (Å²) < 4.78 is 0. The van der Waals surface area contributed by atoms with Crippen LogP contribution in [0.15, 0.2) is 0 Å². The second-order valence-electron chi connectivity index (χ2n) is 5.94. The fourth-order valence-corrected chi connectivity index (χ4v) is 3.65. The Balaban J connectivity index is 1.90. The van der Waals surface area contributed by atoms with Gasteiger partial charge in [0.1, 0.15) is 0 Å². The molecule has 2 rings (SSSR count). The molecule has 2 aliphatic carbocycles. The minimum absolute atomic E-state index is 1.10. The third-order valence-electron chi connectivity index (χ3n) is 4.67. The normalized spacial score (nSPS) is 35.2. The maximum absolute atomic E-state index is 1.55. The van der Waals surface area contributed by atoms with Crippen molar-refractivity contribution in [2.45, 2.75) is 83.5 Å². The van der Waals surface area contributed by atoms with E-state index in [1.807, 2.05) is 0 Å². The van der Waals surface area contributed by atoms with Crippen LogP contribution in [0.1, 0.15) is 83.5 Å². The van der Waals surface area contributed by atoms with Crippen LogP contribution in [0.5, 0.6) is 0 Å². The molecular weight excluding hydrogens is 180 g/mol. The molecule has 88 valence electrons. The molecule has 0 saturated heterocycles. The third-order valence-corrected chi connectivity index (χ3v) is 4.67. The van der Waals surface area contributed by atoms with Crippen molar-refractivity contribution in [2.75, 3.05) is 0 Å². The van der Waals surface area contributed by atoms with Gasteiger partial charge in [-0.1, -0.05) is 83.5 Å². The van der Waals surface area contributed by atoms with E-state index in [-0.39, 0.29) is 0 Å². The highest BCUT2D eigenvalue weighted by Gasteiger charge is 2.16. The first kappa shape index (κ1) is 11.5. The molecule has 0 atom stereocenters. The zero-order chi connectivity index (χ0) is 10.3. The Hall–Kier alpha value is 0. The summed E-state index contributed by atoms with van der Waals surface area (Å²) in [5.74, 6) is 2.20. The summed E-state index contributed by atoms with van der Waals surface area (Å²) in [6.45, 7) is 0. The highest BCUT2D eigenvalue weighted by molar-refractivity contribution is 4.69. The van der Waals surface area contributed by atoms with Gasteiger partial charge in [0.2, 0.25) is 0 Å². The van der Waals surface area contributed by atoms with Gasteiger partial charge in [0.25, 0.3) is 0 Å². The average Bonchev–Trinajstić information content (AvgIpc) is 2.26. The minimum atomic E-state index is 1.10. The van der Waals surface area contributed by atoms with Crippen LogP contribution in [-0.4, -0.2) is 0 Å². The second kappa shape index (κ2) is 6.55. The first-order chi connectivity index (χ1) is 7.45. The zero-order valence-electron chi connectivity index (χ0n) is 10.3. The lowest BCUT2D eigenvalue weighted by Crippen LogP contribution is -2.09. The molecule has 0 heteroatoms. The predicted octanol–water partition coefficient (Wildman–Crippen LogP) is 5.32. The maximum Gasteiger partial charge on any atom is -0.0414 e. The number of rotatable bonds is 0. The Bertz CT molecular complexity index is 131. The van der Waals surface area contributed by atoms with Gasteiger partial charge in [-0.15, -0.1) is 0 Å². The largest absolute Gasteiger partial charge is 0.0533 e.